The van der Waals surface area contributed by atoms with Crippen LogP contribution in [0.1, 0.15) is 11.3 Å². The molecule has 0 atom stereocenters. The lowest BCUT2D eigenvalue weighted by molar-refractivity contribution is -0.274. The van der Waals surface area contributed by atoms with Crippen molar-refractivity contribution in [1.82, 2.24) is 15.1 Å². The van der Waals surface area contributed by atoms with Gasteiger partial charge in [0.25, 0.3) is 0 Å². The second-order valence-electron chi connectivity index (χ2n) is 4.90. The molecule has 1 N–H and O–H groups in total. The summed E-state index contributed by atoms with van der Waals surface area (Å²) in [5, 5.41) is 7.65. The van der Waals surface area contributed by atoms with Crippen LogP contribution in [0.2, 0.25) is 0 Å². The average Bonchev–Trinajstić information content (AvgIpc) is 2.72. The van der Waals surface area contributed by atoms with E-state index in [1.165, 1.54) is 12.1 Å². The first kappa shape index (κ1) is 13.9. The van der Waals surface area contributed by atoms with E-state index in [1.54, 1.807) is 23.9 Å². The minimum atomic E-state index is -4.69. The Hall–Kier alpha value is -2.02. The number of ether oxygens (including phenoxy) is 1. The summed E-state index contributed by atoms with van der Waals surface area (Å²) >= 11 is 0. The van der Waals surface area contributed by atoms with Crippen LogP contribution in [0.3, 0.4) is 0 Å². The molecule has 2 heterocycles. The maximum Gasteiger partial charge on any atom is 0.573 e. The highest BCUT2D eigenvalue weighted by atomic mass is 19.4. The van der Waals surface area contributed by atoms with Gasteiger partial charge in [0.1, 0.15) is 5.75 Å². The van der Waals surface area contributed by atoms with Crippen LogP contribution in [0.25, 0.3) is 11.3 Å². The molecule has 1 aromatic carbocycles. The molecule has 0 radical (unpaired) electrons. The van der Waals surface area contributed by atoms with E-state index in [9.17, 15) is 13.2 Å². The average molecular weight is 297 g/mol. The van der Waals surface area contributed by atoms with Gasteiger partial charge in [-0.05, 0) is 25.1 Å². The summed E-state index contributed by atoms with van der Waals surface area (Å²) in [6, 6.07) is 6.01. The van der Waals surface area contributed by atoms with E-state index in [4.69, 9.17) is 0 Å². The van der Waals surface area contributed by atoms with Gasteiger partial charge >= 0.3 is 6.36 Å². The van der Waals surface area contributed by atoms with Gasteiger partial charge in [-0.2, -0.15) is 5.10 Å². The Morgan fingerprint density at radius 1 is 1.33 bits per heavy atom. The third-order valence-electron chi connectivity index (χ3n) is 3.41. The molecule has 0 saturated heterocycles. The molecule has 0 amide bonds. The van der Waals surface area contributed by atoms with Crippen molar-refractivity contribution < 1.29 is 17.9 Å². The molecule has 0 aliphatic carbocycles. The topological polar surface area (TPSA) is 39.1 Å². The normalized spacial score (nSPS) is 14.9. The van der Waals surface area contributed by atoms with Crippen LogP contribution in [0, 0.1) is 0 Å². The molecule has 2 aromatic rings. The largest absolute Gasteiger partial charge is 0.573 e. The molecule has 0 saturated carbocycles. The van der Waals surface area contributed by atoms with E-state index in [0.717, 1.165) is 29.9 Å². The highest BCUT2D eigenvalue weighted by Gasteiger charge is 2.31. The maximum atomic E-state index is 12.3. The van der Waals surface area contributed by atoms with E-state index in [2.05, 4.69) is 15.2 Å². The fourth-order valence-corrected chi connectivity index (χ4v) is 2.65. The standard InChI is InChI=1S/C14H14F3N3O/c1-20-13(11-5-6-18-8-12(11)19-20)9-3-2-4-10(7-9)21-14(15,16)17/h2-4,7,18H,5-6,8H2,1H3. The van der Waals surface area contributed by atoms with Crippen molar-refractivity contribution in [2.45, 2.75) is 19.3 Å². The fourth-order valence-electron chi connectivity index (χ4n) is 2.65. The Morgan fingerprint density at radius 3 is 2.90 bits per heavy atom. The molecule has 0 fully saturated rings. The van der Waals surface area contributed by atoms with Gasteiger partial charge in [-0.15, -0.1) is 13.2 Å². The molecule has 0 unspecified atom stereocenters. The lowest BCUT2D eigenvalue weighted by atomic mass is 10.0. The number of alkyl halides is 3. The minimum absolute atomic E-state index is 0.219. The zero-order valence-corrected chi connectivity index (χ0v) is 11.4. The van der Waals surface area contributed by atoms with Gasteiger partial charge in [0.15, 0.2) is 0 Å². The molecule has 1 aromatic heterocycles. The van der Waals surface area contributed by atoms with Gasteiger partial charge in [-0.25, -0.2) is 0 Å². The Bertz CT molecular complexity index is 664. The summed E-state index contributed by atoms with van der Waals surface area (Å²) in [4.78, 5) is 0. The number of halogens is 3. The van der Waals surface area contributed by atoms with Crippen molar-refractivity contribution in [3.05, 3.63) is 35.5 Å². The first-order chi connectivity index (χ1) is 9.94. The van der Waals surface area contributed by atoms with E-state index in [1.807, 2.05) is 0 Å². The zero-order valence-electron chi connectivity index (χ0n) is 11.4. The summed E-state index contributed by atoms with van der Waals surface area (Å²) in [5.74, 6) is -0.219. The number of nitrogens with zero attached hydrogens (tertiary/aromatic N) is 2. The van der Waals surface area contributed by atoms with Crippen LogP contribution in [0.5, 0.6) is 5.75 Å². The van der Waals surface area contributed by atoms with Crippen molar-refractivity contribution in [3.63, 3.8) is 0 Å². The Labute approximate surface area is 119 Å². The molecule has 1 aliphatic heterocycles. The Kier molecular flexibility index (Phi) is 3.36. The van der Waals surface area contributed by atoms with Crippen molar-refractivity contribution in [2.75, 3.05) is 6.54 Å². The summed E-state index contributed by atoms with van der Waals surface area (Å²) in [6.45, 7) is 1.52. The molecule has 0 spiro atoms. The van der Waals surface area contributed by atoms with Gasteiger partial charge in [0.05, 0.1) is 11.4 Å². The zero-order chi connectivity index (χ0) is 15.0. The van der Waals surface area contributed by atoms with Crippen molar-refractivity contribution in [1.29, 1.82) is 0 Å². The molecule has 112 valence electrons. The summed E-state index contributed by atoms with van der Waals surface area (Å²) < 4.78 is 42.7. The quantitative estimate of drug-likeness (QED) is 0.926. The SMILES string of the molecule is Cn1nc2c(c1-c1cccc(OC(F)(F)F)c1)CCNC2. The first-order valence-electron chi connectivity index (χ1n) is 6.56. The molecular weight excluding hydrogens is 283 g/mol. The van der Waals surface area contributed by atoms with Gasteiger partial charge in [0, 0.05) is 24.7 Å². The minimum Gasteiger partial charge on any atom is -0.406 e. The molecule has 3 rings (SSSR count). The van der Waals surface area contributed by atoms with Crippen molar-refractivity contribution in [3.8, 4) is 17.0 Å². The van der Waals surface area contributed by atoms with E-state index in [-0.39, 0.29) is 5.75 Å². The predicted molar refractivity (Wildman–Crippen MR) is 70.7 cm³/mol. The highest BCUT2D eigenvalue weighted by molar-refractivity contribution is 5.66. The number of benzene rings is 1. The number of aromatic nitrogens is 2. The smallest absolute Gasteiger partial charge is 0.406 e. The summed E-state index contributed by atoms with van der Waals surface area (Å²) in [5.41, 5.74) is 3.55. The van der Waals surface area contributed by atoms with Crippen LogP contribution in [0.4, 0.5) is 13.2 Å². The third-order valence-corrected chi connectivity index (χ3v) is 3.41. The highest BCUT2D eigenvalue weighted by Crippen LogP contribution is 2.31. The molecule has 4 nitrogen and oxygen atoms in total. The number of hydrogen-bond donors (Lipinski definition) is 1. The van der Waals surface area contributed by atoms with E-state index in [0.29, 0.717) is 12.1 Å². The van der Waals surface area contributed by atoms with Gasteiger partial charge in [-0.3, -0.25) is 4.68 Å². The number of hydrogen-bond acceptors (Lipinski definition) is 3. The second kappa shape index (κ2) is 5.07. The summed E-state index contributed by atoms with van der Waals surface area (Å²) in [7, 11) is 1.80. The third kappa shape index (κ3) is 2.87. The molecular formula is C14H14F3N3O. The lowest BCUT2D eigenvalue weighted by Gasteiger charge is -2.14. The van der Waals surface area contributed by atoms with Gasteiger partial charge < -0.3 is 10.1 Å². The molecule has 1 aliphatic rings. The fraction of sp³-hybridized carbons (Fsp3) is 0.357. The van der Waals surface area contributed by atoms with E-state index < -0.39 is 6.36 Å². The van der Waals surface area contributed by atoms with Crippen molar-refractivity contribution in [2.24, 2.45) is 7.05 Å². The summed E-state index contributed by atoms with van der Waals surface area (Å²) in [6.07, 6.45) is -3.88. The first-order valence-corrected chi connectivity index (χ1v) is 6.56. The molecule has 21 heavy (non-hydrogen) atoms. The van der Waals surface area contributed by atoms with Crippen LogP contribution >= 0.6 is 0 Å². The van der Waals surface area contributed by atoms with Crippen LogP contribution in [-0.4, -0.2) is 22.7 Å². The Balaban J connectivity index is 2.01. The molecule has 7 heteroatoms. The Morgan fingerprint density at radius 2 is 2.14 bits per heavy atom. The molecule has 0 bridgehead atoms. The van der Waals surface area contributed by atoms with Crippen molar-refractivity contribution >= 4 is 0 Å². The second-order valence-corrected chi connectivity index (χ2v) is 4.90. The van der Waals surface area contributed by atoms with Gasteiger partial charge in [-0.1, -0.05) is 12.1 Å². The number of aryl methyl sites for hydroxylation is 1. The monoisotopic (exact) mass is 297 g/mol. The predicted octanol–water partition coefficient (Wildman–Crippen LogP) is 2.63. The number of rotatable bonds is 2. The number of nitrogens with one attached hydrogen (secondary N) is 1. The van der Waals surface area contributed by atoms with Crippen LogP contribution in [0.15, 0.2) is 24.3 Å². The van der Waals surface area contributed by atoms with Crippen LogP contribution < -0.4 is 10.1 Å². The van der Waals surface area contributed by atoms with E-state index >= 15 is 0 Å². The lowest BCUT2D eigenvalue weighted by Crippen LogP contribution is -2.23. The van der Waals surface area contributed by atoms with Crippen LogP contribution in [-0.2, 0) is 20.0 Å². The maximum absolute atomic E-state index is 12.3. The number of fused-ring (bicyclic) bond motifs is 1. The van der Waals surface area contributed by atoms with Gasteiger partial charge in [0.2, 0.25) is 0 Å².